The minimum atomic E-state index is -0.00235. The van der Waals surface area contributed by atoms with Gasteiger partial charge < -0.3 is 5.32 Å². The van der Waals surface area contributed by atoms with E-state index in [0.717, 1.165) is 17.0 Å². The zero-order valence-corrected chi connectivity index (χ0v) is 10.3. The fourth-order valence-electron chi connectivity index (χ4n) is 1.64. The van der Waals surface area contributed by atoms with Crippen LogP contribution in [-0.2, 0) is 17.8 Å². The van der Waals surface area contributed by atoms with E-state index < -0.39 is 0 Å². The van der Waals surface area contributed by atoms with Crippen LogP contribution in [0.2, 0.25) is 0 Å². The Kier molecular flexibility index (Phi) is 4.02. The summed E-state index contributed by atoms with van der Waals surface area (Å²) < 4.78 is 0. The molecule has 18 heavy (non-hydrogen) atoms. The van der Waals surface area contributed by atoms with Crippen LogP contribution >= 0.6 is 0 Å². The maximum atomic E-state index is 11.7. The van der Waals surface area contributed by atoms with Crippen LogP contribution in [0.5, 0.6) is 0 Å². The van der Waals surface area contributed by atoms with E-state index in [-0.39, 0.29) is 5.91 Å². The Morgan fingerprint density at radius 2 is 2.00 bits per heavy atom. The van der Waals surface area contributed by atoms with Gasteiger partial charge in [0.15, 0.2) is 0 Å². The van der Waals surface area contributed by atoms with E-state index in [0.29, 0.717) is 13.0 Å². The molecule has 0 spiro atoms. The number of hydrogen-bond donors (Lipinski definition) is 1. The normalized spacial score (nSPS) is 10.1. The molecule has 0 fully saturated rings. The maximum Gasteiger partial charge on any atom is 0.224 e. The first-order valence-electron chi connectivity index (χ1n) is 5.82. The smallest absolute Gasteiger partial charge is 0.224 e. The number of carbonyl (C=O) groups is 1. The number of carbonyl (C=O) groups excluding carboxylic acids is 1. The molecule has 0 unspecified atom stereocenters. The van der Waals surface area contributed by atoms with E-state index >= 15 is 0 Å². The molecule has 0 aliphatic carbocycles. The molecule has 92 valence electrons. The highest BCUT2D eigenvalue weighted by Crippen LogP contribution is 2.00. The van der Waals surface area contributed by atoms with Crippen LogP contribution in [-0.4, -0.2) is 15.9 Å². The Balaban J connectivity index is 1.85. The second kappa shape index (κ2) is 5.91. The summed E-state index contributed by atoms with van der Waals surface area (Å²) in [6.07, 6.45) is 1.90. The minimum absolute atomic E-state index is 0.00235. The third-order valence-electron chi connectivity index (χ3n) is 2.53. The van der Waals surface area contributed by atoms with Crippen molar-refractivity contribution in [3.8, 4) is 0 Å². The molecule has 1 N–H and O–H groups in total. The first kappa shape index (κ1) is 12.2. The number of hydrogen-bond acceptors (Lipinski definition) is 3. The molecule has 1 heterocycles. The number of benzene rings is 1. The molecule has 1 amide bonds. The molecule has 1 aromatic carbocycles. The van der Waals surface area contributed by atoms with E-state index in [1.807, 2.05) is 43.3 Å². The molecule has 0 atom stereocenters. The van der Waals surface area contributed by atoms with Crippen molar-refractivity contribution in [2.45, 2.75) is 19.9 Å². The molecule has 0 bridgehead atoms. The number of amides is 1. The summed E-state index contributed by atoms with van der Waals surface area (Å²) in [5.41, 5.74) is 2.73. The largest absolute Gasteiger partial charge is 0.350 e. The SMILES string of the molecule is Cc1cc(CNC(=O)Cc2ccccc2)ncn1. The topological polar surface area (TPSA) is 54.9 Å². The van der Waals surface area contributed by atoms with Crippen LogP contribution in [0.15, 0.2) is 42.7 Å². The average molecular weight is 241 g/mol. The molecule has 2 rings (SSSR count). The minimum Gasteiger partial charge on any atom is -0.350 e. The molecule has 4 nitrogen and oxygen atoms in total. The summed E-state index contributed by atoms with van der Waals surface area (Å²) in [4.78, 5) is 19.8. The van der Waals surface area contributed by atoms with Crippen molar-refractivity contribution in [3.63, 3.8) is 0 Å². The molecule has 0 aliphatic heterocycles. The van der Waals surface area contributed by atoms with Gasteiger partial charge in [0.2, 0.25) is 5.91 Å². The van der Waals surface area contributed by atoms with Crippen LogP contribution in [0.1, 0.15) is 17.0 Å². The predicted molar refractivity (Wildman–Crippen MR) is 68.8 cm³/mol. The fourth-order valence-corrected chi connectivity index (χ4v) is 1.64. The second-order valence-electron chi connectivity index (χ2n) is 4.09. The quantitative estimate of drug-likeness (QED) is 0.885. The standard InChI is InChI=1S/C14H15N3O/c1-11-7-13(17-10-16-11)9-15-14(18)8-12-5-3-2-4-6-12/h2-7,10H,8-9H2,1H3,(H,15,18). The highest BCUT2D eigenvalue weighted by molar-refractivity contribution is 5.78. The zero-order valence-electron chi connectivity index (χ0n) is 10.3. The number of rotatable bonds is 4. The molecule has 0 aliphatic rings. The van der Waals surface area contributed by atoms with Crippen LogP contribution in [0.4, 0.5) is 0 Å². The van der Waals surface area contributed by atoms with Gasteiger partial charge in [-0.1, -0.05) is 30.3 Å². The van der Waals surface area contributed by atoms with Gasteiger partial charge in [0.1, 0.15) is 6.33 Å². The fraction of sp³-hybridized carbons (Fsp3) is 0.214. The number of aromatic nitrogens is 2. The lowest BCUT2D eigenvalue weighted by molar-refractivity contribution is -0.120. The summed E-state index contributed by atoms with van der Waals surface area (Å²) >= 11 is 0. The van der Waals surface area contributed by atoms with Gasteiger partial charge in [-0.3, -0.25) is 4.79 Å². The van der Waals surface area contributed by atoms with E-state index in [1.165, 1.54) is 6.33 Å². The van der Waals surface area contributed by atoms with E-state index in [4.69, 9.17) is 0 Å². The summed E-state index contributed by atoms with van der Waals surface area (Å²) in [7, 11) is 0. The van der Waals surface area contributed by atoms with Crippen molar-refractivity contribution in [3.05, 3.63) is 59.7 Å². The van der Waals surface area contributed by atoms with Crippen LogP contribution in [0, 0.1) is 6.92 Å². The van der Waals surface area contributed by atoms with Crippen molar-refractivity contribution in [2.75, 3.05) is 0 Å². The van der Waals surface area contributed by atoms with Crippen molar-refractivity contribution < 1.29 is 4.79 Å². The van der Waals surface area contributed by atoms with Gasteiger partial charge in [0, 0.05) is 5.69 Å². The average Bonchev–Trinajstić information content (AvgIpc) is 2.38. The van der Waals surface area contributed by atoms with Crippen LogP contribution in [0.25, 0.3) is 0 Å². The van der Waals surface area contributed by atoms with Crippen molar-refractivity contribution in [1.29, 1.82) is 0 Å². The van der Waals surface area contributed by atoms with Crippen molar-refractivity contribution in [1.82, 2.24) is 15.3 Å². The third kappa shape index (κ3) is 3.66. The summed E-state index contributed by atoms with van der Waals surface area (Å²) in [6.45, 7) is 2.34. The molecule has 0 radical (unpaired) electrons. The van der Waals surface area contributed by atoms with E-state index in [9.17, 15) is 4.79 Å². The molecule has 1 aromatic heterocycles. The van der Waals surface area contributed by atoms with Gasteiger partial charge in [-0.05, 0) is 18.6 Å². The highest BCUT2D eigenvalue weighted by atomic mass is 16.1. The monoisotopic (exact) mass is 241 g/mol. The first-order valence-corrected chi connectivity index (χ1v) is 5.82. The third-order valence-corrected chi connectivity index (χ3v) is 2.53. The van der Waals surface area contributed by atoms with Gasteiger partial charge in [-0.25, -0.2) is 9.97 Å². The lowest BCUT2D eigenvalue weighted by Crippen LogP contribution is -2.25. The van der Waals surface area contributed by atoms with Gasteiger partial charge in [-0.15, -0.1) is 0 Å². The zero-order chi connectivity index (χ0) is 12.8. The maximum absolute atomic E-state index is 11.7. The van der Waals surface area contributed by atoms with Crippen molar-refractivity contribution >= 4 is 5.91 Å². The van der Waals surface area contributed by atoms with Crippen LogP contribution in [0.3, 0.4) is 0 Å². The van der Waals surface area contributed by atoms with Gasteiger partial charge in [0.05, 0.1) is 18.7 Å². The Morgan fingerprint density at radius 3 is 2.72 bits per heavy atom. The predicted octanol–water partition coefficient (Wildman–Crippen LogP) is 1.64. The summed E-state index contributed by atoms with van der Waals surface area (Å²) in [6, 6.07) is 11.5. The Hall–Kier alpha value is -2.23. The lowest BCUT2D eigenvalue weighted by atomic mass is 10.1. The number of nitrogens with zero attached hydrogens (tertiary/aromatic N) is 2. The highest BCUT2D eigenvalue weighted by Gasteiger charge is 2.03. The molecular formula is C14H15N3O. The summed E-state index contributed by atoms with van der Waals surface area (Å²) in [5.74, 6) is -0.00235. The van der Waals surface area contributed by atoms with Gasteiger partial charge in [-0.2, -0.15) is 0 Å². The lowest BCUT2D eigenvalue weighted by Gasteiger charge is -2.05. The van der Waals surface area contributed by atoms with Crippen LogP contribution < -0.4 is 5.32 Å². The molecule has 0 saturated carbocycles. The van der Waals surface area contributed by atoms with Crippen molar-refractivity contribution in [2.24, 2.45) is 0 Å². The Bertz CT molecular complexity index is 526. The van der Waals surface area contributed by atoms with E-state index in [2.05, 4.69) is 15.3 Å². The first-order chi connectivity index (χ1) is 8.74. The second-order valence-corrected chi connectivity index (χ2v) is 4.09. The van der Waals surface area contributed by atoms with Gasteiger partial charge >= 0.3 is 0 Å². The Labute approximate surface area is 106 Å². The number of nitrogens with one attached hydrogen (secondary N) is 1. The summed E-state index contributed by atoms with van der Waals surface area (Å²) in [5, 5.41) is 2.85. The Morgan fingerprint density at radius 1 is 1.22 bits per heavy atom. The van der Waals surface area contributed by atoms with E-state index in [1.54, 1.807) is 0 Å². The molecular weight excluding hydrogens is 226 g/mol. The number of aryl methyl sites for hydroxylation is 1. The van der Waals surface area contributed by atoms with Gasteiger partial charge in [0.25, 0.3) is 0 Å². The molecule has 2 aromatic rings. The molecule has 4 heteroatoms. The molecule has 0 saturated heterocycles.